The number of fused-ring (bicyclic) bond motifs is 2. The zero-order chi connectivity index (χ0) is 64.1. The van der Waals surface area contributed by atoms with E-state index < -0.39 is 180 Å². The smallest absolute Gasteiger partial charge is 0.296 e. The molecule has 9 aromatic carbocycles. The summed E-state index contributed by atoms with van der Waals surface area (Å²) in [6, 6.07) is 26.4. The molecule has 0 spiro atoms. The number of phenolic OH excluding ortho intramolecular Hbond substituents is 4. The molecule has 9 aromatic rings. The third-order valence-corrected chi connectivity index (χ3v) is 17.2. The van der Waals surface area contributed by atoms with Crippen LogP contribution < -0.4 is 10.6 Å². The van der Waals surface area contributed by atoms with Crippen molar-refractivity contribution in [2.75, 3.05) is 10.6 Å². The fourth-order valence-corrected chi connectivity index (χ4v) is 11.7. The van der Waals surface area contributed by atoms with Crippen LogP contribution in [0.3, 0.4) is 0 Å². The lowest BCUT2D eigenvalue weighted by Crippen LogP contribution is -2.03. The van der Waals surface area contributed by atoms with Crippen LogP contribution in [0.15, 0.2) is 216 Å². The number of para-hydroxylation sites is 2. The summed E-state index contributed by atoms with van der Waals surface area (Å²) < 4.78 is 211. The van der Waals surface area contributed by atoms with Gasteiger partial charge in [0.2, 0.25) is 0 Å². The molecular weight excluding hydrogens is 1280 g/mol. The summed E-state index contributed by atoms with van der Waals surface area (Å²) in [5.74, 6) is -4.96. The van der Waals surface area contributed by atoms with Gasteiger partial charge in [-0.1, -0.05) is 36.4 Å². The van der Waals surface area contributed by atoms with Crippen LogP contribution in [0.2, 0.25) is 0 Å². The van der Waals surface area contributed by atoms with Gasteiger partial charge in [0.25, 0.3) is 60.7 Å². The van der Waals surface area contributed by atoms with Crippen molar-refractivity contribution in [2.24, 2.45) is 40.9 Å². The molecule has 0 heterocycles. The molecule has 0 unspecified atom stereocenters. The normalized spacial score (nSPS) is 13.0. The van der Waals surface area contributed by atoms with Gasteiger partial charge in [-0.3, -0.25) is 27.3 Å². The lowest BCUT2D eigenvalue weighted by atomic mass is 10.1. The fraction of sp³-hybridized carbons (Fsp3) is 0. The molecule has 0 radical (unpaired) electrons. The number of nitrogens with one attached hydrogen (secondary N) is 2. The van der Waals surface area contributed by atoms with E-state index in [4.69, 9.17) is 0 Å². The van der Waals surface area contributed by atoms with Crippen LogP contribution in [0, 0.1) is 0 Å². The number of aromatic hydroxyl groups is 4. The molecule has 12 N–H and O–H groups in total. The average Bonchev–Trinajstić information content (AvgIpc) is 1.38. The van der Waals surface area contributed by atoms with E-state index in [1.807, 2.05) is 0 Å². The van der Waals surface area contributed by atoms with E-state index in [0.717, 1.165) is 36.4 Å². The average molecular weight is 1320 g/mol. The number of hydrogen-bond acceptors (Lipinski definition) is 26. The maximum Gasteiger partial charge on any atom is 0.296 e. The third kappa shape index (κ3) is 13.9. The van der Waals surface area contributed by atoms with Crippen LogP contribution in [0.5, 0.6) is 23.0 Å². The predicted octanol–water partition coefficient (Wildman–Crippen LogP) is 11.4. The molecule has 0 saturated carbocycles. The van der Waals surface area contributed by atoms with Gasteiger partial charge in [-0.15, -0.1) is 30.7 Å². The highest BCUT2D eigenvalue weighted by atomic mass is 32.2. The molecule has 88 heavy (non-hydrogen) atoms. The number of benzene rings is 9. The minimum atomic E-state index is -5.32. The van der Waals surface area contributed by atoms with Gasteiger partial charge < -0.3 is 31.1 Å². The Bertz CT molecular complexity index is 5250. The molecule has 0 saturated heterocycles. The molecule has 0 fully saturated rings. The summed E-state index contributed by atoms with van der Waals surface area (Å²) in [7, 11) is -31.2. The second kappa shape index (κ2) is 23.4. The monoisotopic (exact) mass is 1320 g/mol. The maximum absolute atomic E-state index is 12.8. The molecule has 0 amide bonds. The number of nitrogens with zero attached hydrogens (tertiary/aromatic N) is 8. The van der Waals surface area contributed by atoms with Crippen molar-refractivity contribution in [3.63, 3.8) is 0 Å². The van der Waals surface area contributed by atoms with Crippen molar-refractivity contribution < 1.29 is 98.2 Å². The SMILES string of the molecule is O=S(=O)(O)c1cc(O)c2c(N=Nc3c(O)c(N=Nc4ccc(Nc5ccccc5)c(S(=O)(=O)O)c4)c(O)c(N=Nc4ccc(Nc5ccccc5)c(S(=O)(=O)O)c4)c3N=Nc3cc(S(=O)(=O)O)cc4cc(S(=O)(=O)O)cc(O)c34)cc(S(=O)(=O)O)cc2c1. The highest BCUT2D eigenvalue weighted by Crippen LogP contribution is 2.58. The van der Waals surface area contributed by atoms with Crippen molar-refractivity contribution in [3.05, 3.63) is 146 Å². The first-order valence-electron chi connectivity index (χ1n) is 23.7. The zero-order valence-electron chi connectivity index (χ0n) is 43.3. The lowest BCUT2D eigenvalue weighted by molar-refractivity contribution is 0.454. The second-order valence-corrected chi connectivity index (χ2v) is 26.5. The fourth-order valence-electron chi connectivity index (χ4n) is 8.20. The zero-order valence-corrected chi connectivity index (χ0v) is 48.2. The number of anilines is 4. The molecule has 0 bridgehead atoms. The third-order valence-electron chi connectivity index (χ3n) is 12.1. The van der Waals surface area contributed by atoms with Crippen LogP contribution in [0.25, 0.3) is 21.5 Å². The Morgan fingerprint density at radius 2 is 0.625 bits per heavy atom. The van der Waals surface area contributed by atoms with Gasteiger partial charge in [-0.25, -0.2) is 0 Å². The van der Waals surface area contributed by atoms with E-state index in [1.54, 1.807) is 48.5 Å². The minimum absolute atomic E-state index is 0.201. The van der Waals surface area contributed by atoms with Crippen molar-refractivity contribution in [3.8, 4) is 23.0 Å². The Kier molecular flexibility index (Phi) is 16.7. The summed E-state index contributed by atoms with van der Waals surface area (Å²) in [6.07, 6.45) is 0. The van der Waals surface area contributed by atoms with Crippen molar-refractivity contribution in [1.29, 1.82) is 0 Å². The van der Waals surface area contributed by atoms with Gasteiger partial charge in [0.05, 0.1) is 64.5 Å². The Morgan fingerprint density at radius 3 is 0.966 bits per heavy atom. The number of hydrogen-bond donors (Lipinski definition) is 12. The molecule has 38 heteroatoms. The van der Waals surface area contributed by atoms with Crippen LogP contribution >= 0.6 is 0 Å². The van der Waals surface area contributed by atoms with E-state index in [1.165, 1.54) is 12.1 Å². The number of phenols is 4. The minimum Gasteiger partial charge on any atom is -0.507 e. The highest BCUT2D eigenvalue weighted by Gasteiger charge is 2.29. The summed E-state index contributed by atoms with van der Waals surface area (Å²) in [5, 5.41) is 81.5. The topological polar surface area (TPSA) is 530 Å². The predicted molar refractivity (Wildman–Crippen MR) is 309 cm³/mol. The van der Waals surface area contributed by atoms with Crippen LogP contribution in [-0.2, 0) is 60.7 Å². The van der Waals surface area contributed by atoms with Crippen molar-refractivity contribution in [2.45, 2.75) is 29.4 Å². The number of rotatable bonds is 18. The van der Waals surface area contributed by atoms with Crippen molar-refractivity contribution in [1.82, 2.24) is 0 Å². The summed E-state index contributed by atoms with van der Waals surface area (Å²) >= 11 is 0. The molecule has 454 valence electrons. The Morgan fingerprint density at radius 1 is 0.307 bits per heavy atom. The molecular formula is C50H36N10O22S6. The lowest BCUT2D eigenvalue weighted by Gasteiger charge is -2.13. The largest absolute Gasteiger partial charge is 0.507 e. The van der Waals surface area contributed by atoms with Gasteiger partial charge in [-0.05, 0) is 108 Å². The molecule has 0 aliphatic rings. The number of azo groups is 4. The molecule has 0 aromatic heterocycles. The van der Waals surface area contributed by atoms with Crippen molar-refractivity contribution >= 4 is 151 Å². The Hall–Kier alpha value is -9.84. The summed E-state index contributed by atoms with van der Waals surface area (Å²) in [4.78, 5) is -5.81. The van der Waals surface area contributed by atoms with E-state index in [0.29, 0.717) is 59.9 Å². The van der Waals surface area contributed by atoms with Crippen LogP contribution in [0.1, 0.15) is 0 Å². The first-order valence-corrected chi connectivity index (χ1v) is 32.4. The maximum atomic E-state index is 12.8. The Labute approximate surface area is 495 Å². The van der Waals surface area contributed by atoms with E-state index >= 15 is 0 Å². The van der Waals surface area contributed by atoms with Crippen LogP contribution in [-0.4, -0.2) is 98.2 Å². The quantitative estimate of drug-likeness (QED) is 0.0280. The van der Waals surface area contributed by atoms with E-state index in [-0.39, 0.29) is 11.4 Å². The molecule has 32 nitrogen and oxygen atoms in total. The van der Waals surface area contributed by atoms with Gasteiger partial charge in [0, 0.05) is 23.5 Å². The molecule has 0 atom stereocenters. The van der Waals surface area contributed by atoms with E-state index in [2.05, 4.69) is 51.5 Å². The second-order valence-electron chi connectivity index (χ2n) is 18.1. The Balaban J connectivity index is 1.36. The molecule has 0 aliphatic carbocycles. The van der Waals surface area contributed by atoms with Gasteiger partial charge in [-0.2, -0.15) is 60.7 Å². The van der Waals surface area contributed by atoms with Gasteiger partial charge >= 0.3 is 0 Å². The first kappa shape index (κ1) is 62.7. The summed E-state index contributed by atoms with van der Waals surface area (Å²) in [5.41, 5.74) is -7.02. The van der Waals surface area contributed by atoms with E-state index in [9.17, 15) is 98.2 Å². The van der Waals surface area contributed by atoms with Gasteiger partial charge in [0.1, 0.15) is 27.0 Å². The molecule has 0 aliphatic heterocycles. The highest BCUT2D eigenvalue weighted by molar-refractivity contribution is 7.87. The van der Waals surface area contributed by atoms with Gasteiger partial charge in [0.15, 0.2) is 28.6 Å². The summed E-state index contributed by atoms with van der Waals surface area (Å²) in [6.45, 7) is 0. The standard InChI is InChI=1S/C50H36N10O22S6/c61-39-23-33(85(71,72)73)17-25-15-31(83(65,66)67)21-37(43(25)39)55-57-45-46(58-53-29-11-13-35(41(19-29)87(77,78)79)51-27-7-3-1-4-8-27)49(63)48(60-54-30-12-14-36(42(20-30)88(80,81)82)52-28-9-5-2-6-10-28)50(64)47(45)59-56-38-22-32(84(68,69)70)16-26-18-34(86(74,75)76)24-40(62)44(26)38/h1-24,51-52,61-64H,(H,65,66,67)(H,68,69,70)(H,71,72,73)(H,74,75,76)(H,77,78,79)(H,80,81,82). The van der Waals surface area contributed by atoms with Crippen LogP contribution in [0.4, 0.5) is 68.2 Å². The first-order chi connectivity index (χ1) is 41.0. The molecule has 9 rings (SSSR count).